The minimum absolute atomic E-state index is 0.647. The Hall–Kier alpha value is -0.790. The standard InChI is InChI=1S/C10H7Cl2N/c1-6-9-4-7(11)5-10(12)8(9)2-3-13-6/h2-5H,1H3. The molecule has 3 heteroatoms. The van der Waals surface area contributed by atoms with Crippen LogP contribution >= 0.6 is 23.2 Å². The summed E-state index contributed by atoms with van der Waals surface area (Å²) in [5.74, 6) is 0. The molecule has 0 saturated heterocycles. The summed E-state index contributed by atoms with van der Waals surface area (Å²) in [6.07, 6.45) is 1.75. The van der Waals surface area contributed by atoms with E-state index in [9.17, 15) is 0 Å². The summed E-state index contributed by atoms with van der Waals surface area (Å²) in [5, 5.41) is 3.33. The molecule has 0 bridgehead atoms. The maximum Gasteiger partial charge on any atom is 0.0500 e. The number of hydrogen-bond acceptors (Lipinski definition) is 1. The first kappa shape index (κ1) is 8.79. The second kappa shape index (κ2) is 3.17. The SMILES string of the molecule is Cc1nccc2c(Cl)cc(Cl)cc12. The average molecular weight is 212 g/mol. The third kappa shape index (κ3) is 1.50. The van der Waals surface area contributed by atoms with Gasteiger partial charge in [0.15, 0.2) is 0 Å². The number of hydrogen-bond donors (Lipinski definition) is 0. The molecular weight excluding hydrogens is 205 g/mol. The maximum atomic E-state index is 6.02. The van der Waals surface area contributed by atoms with E-state index < -0.39 is 0 Å². The van der Waals surface area contributed by atoms with Crippen molar-refractivity contribution in [3.8, 4) is 0 Å². The van der Waals surface area contributed by atoms with Crippen LogP contribution in [0.15, 0.2) is 24.4 Å². The van der Waals surface area contributed by atoms with Crippen molar-refractivity contribution in [3.05, 3.63) is 40.1 Å². The molecule has 0 spiro atoms. The molecular formula is C10H7Cl2N. The maximum absolute atomic E-state index is 6.02. The quantitative estimate of drug-likeness (QED) is 0.646. The molecule has 1 aromatic carbocycles. The highest BCUT2D eigenvalue weighted by Gasteiger charge is 2.03. The smallest absolute Gasteiger partial charge is 0.0500 e. The van der Waals surface area contributed by atoms with Gasteiger partial charge in [0.1, 0.15) is 0 Å². The highest BCUT2D eigenvalue weighted by atomic mass is 35.5. The number of aromatic nitrogens is 1. The normalized spacial score (nSPS) is 10.7. The van der Waals surface area contributed by atoms with Crippen LogP contribution in [0.25, 0.3) is 10.8 Å². The lowest BCUT2D eigenvalue weighted by molar-refractivity contribution is 1.24. The first-order valence-electron chi connectivity index (χ1n) is 3.89. The monoisotopic (exact) mass is 211 g/mol. The van der Waals surface area contributed by atoms with Gasteiger partial charge < -0.3 is 0 Å². The topological polar surface area (TPSA) is 12.9 Å². The van der Waals surface area contributed by atoms with Gasteiger partial charge in [0.05, 0.1) is 0 Å². The zero-order valence-electron chi connectivity index (χ0n) is 7.01. The number of nitrogens with zero attached hydrogens (tertiary/aromatic N) is 1. The zero-order chi connectivity index (χ0) is 9.42. The van der Waals surface area contributed by atoms with Crippen LogP contribution in [0.3, 0.4) is 0 Å². The van der Waals surface area contributed by atoms with Crippen LogP contribution in [0.5, 0.6) is 0 Å². The molecule has 66 valence electrons. The van der Waals surface area contributed by atoms with Crippen molar-refractivity contribution < 1.29 is 0 Å². The molecule has 0 N–H and O–H groups in total. The lowest BCUT2D eigenvalue weighted by Crippen LogP contribution is -1.83. The number of rotatable bonds is 0. The fourth-order valence-corrected chi connectivity index (χ4v) is 1.90. The van der Waals surface area contributed by atoms with Gasteiger partial charge >= 0.3 is 0 Å². The summed E-state index contributed by atoms with van der Waals surface area (Å²) in [5.41, 5.74) is 0.946. The third-order valence-electron chi connectivity index (χ3n) is 1.99. The Morgan fingerprint density at radius 1 is 1.15 bits per heavy atom. The van der Waals surface area contributed by atoms with E-state index >= 15 is 0 Å². The first-order valence-corrected chi connectivity index (χ1v) is 4.64. The third-order valence-corrected chi connectivity index (χ3v) is 2.52. The van der Waals surface area contributed by atoms with Gasteiger partial charge in [0.2, 0.25) is 0 Å². The Labute approximate surface area is 86.3 Å². The summed E-state index contributed by atoms with van der Waals surface area (Å²) in [4.78, 5) is 4.17. The molecule has 1 nitrogen and oxygen atoms in total. The molecule has 0 atom stereocenters. The largest absolute Gasteiger partial charge is 0.261 e. The van der Waals surface area contributed by atoms with E-state index in [4.69, 9.17) is 23.2 Å². The lowest BCUT2D eigenvalue weighted by atomic mass is 10.1. The van der Waals surface area contributed by atoms with Gasteiger partial charge in [-0.2, -0.15) is 0 Å². The highest BCUT2D eigenvalue weighted by molar-refractivity contribution is 6.38. The van der Waals surface area contributed by atoms with Crippen molar-refractivity contribution in [3.63, 3.8) is 0 Å². The molecule has 0 saturated carbocycles. The van der Waals surface area contributed by atoms with Crippen LogP contribution in [-0.2, 0) is 0 Å². The van der Waals surface area contributed by atoms with E-state index in [0.29, 0.717) is 10.0 Å². The van der Waals surface area contributed by atoms with Crippen LogP contribution < -0.4 is 0 Å². The van der Waals surface area contributed by atoms with Gasteiger partial charge in [-0.05, 0) is 25.1 Å². The van der Waals surface area contributed by atoms with Crippen LogP contribution in [-0.4, -0.2) is 4.98 Å². The Balaban J connectivity index is 2.94. The van der Waals surface area contributed by atoms with E-state index in [1.165, 1.54) is 0 Å². The Bertz CT molecular complexity index is 466. The number of pyridine rings is 1. The number of halogens is 2. The van der Waals surface area contributed by atoms with Crippen LogP contribution in [0, 0.1) is 6.92 Å². The van der Waals surface area contributed by atoms with Gasteiger partial charge in [-0.3, -0.25) is 4.98 Å². The second-order valence-corrected chi connectivity index (χ2v) is 3.72. The molecule has 0 aliphatic carbocycles. The summed E-state index contributed by atoms with van der Waals surface area (Å²) in [7, 11) is 0. The summed E-state index contributed by atoms with van der Waals surface area (Å²) in [6.45, 7) is 1.94. The van der Waals surface area contributed by atoms with E-state index in [2.05, 4.69) is 4.98 Å². The minimum Gasteiger partial charge on any atom is -0.261 e. The molecule has 0 fully saturated rings. The molecule has 0 radical (unpaired) electrons. The predicted octanol–water partition coefficient (Wildman–Crippen LogP) is 3.85. The average Bonchev–Trinajstić information content (AvgIpc) is 2.07. The van der Waals surface area contributed by atoms with E-state index in [1.54, 1.807) is 12.3 Å². The molecule has 0 unspecified atom stereocenters. The number of fused-ring (bicyclic) bond motifs is 1. The van der Waals surface area contributed by atoms with Gasteiger partial charge in [0, 0.05) is 32.7 Å². The lowest BCUT2D eigenvalue weighted by Gasteiger charge is -2.03. The van der Waals surface area contributed by atoms with Crippen molar-refractivity contribution in [2.45, 2.75) is 6.92 Å². The zero-order valence-corrected chi connectivity index (χ0v) is 8.52. The second-order valence-electron chi connectivity index (χ2n) is 2.88. The Kier molecular flexibility index (Phi) is 2.14. The summed E-state index contributed by atoms with van der Waals surface area (Å²) < 4.78 is 0. The van der Waals surface area contributed by atoms with Crippen molar-refractivity contribution in [2.24, 2.45) is 0 Å². The summed E-state index contributed by atoms with van der Waals surface area (Å²) in [6, 6.07) is 5.51. The van der Waals surface area contributed by atoms with Crippen molar-refractivity contribution in [1.29, 1.82) is 0 Å². The van der Waals surface area contributed by atoms with Crippen molar-refractivity contribution >= 4 is 34.0 Å². The Morgan fingerprint density at radius 3 is 2.69 bits per heavy atom. The van der Waals surface area contributed by atoms with E-state index in [-0.39, 0.29) is 0 Å². The molecule has 2 aromatic rings. The van der Waals surface area contributed by atoms with Gasteiger partial charge in [-0.25, -0.2) is 0 Å². The van der Waals surface area contributed by atoms with Crippen LogP contribution in [0.2, 0.25) is 10.0 Å². The van der Waals surface area contributed by atoms with Crippen LogP contribution in [0.1, 0.15) is 5.69 Å². The molecule has 2 rings (SSSR count). The molecule has 0 amide bonds. The van der Waals surface area contributed by atoms with Crippen LogP contribution in [0.4, 0.5) is 0 Å². The summed E-state index contributed by atoms with van der Waals surface area (Å²) >= 11 is 11.9. The molecule has 13 heavy (non-hydrogen) atoms. The Morgan fingerprint density at radius 2 is 1.92 bits per heavy atom. The predicted molar refractivity (Wildman–Crippen MR) is 56.5 cm³/mol. The number of benzene rings is 1. The van der Waals surface area contributed by atoms with E-state index in [0.717, 1.165) is 16.5 Å². The fourth-order valence-electron chi connectivity index (χ4n) is 1.35. The van der Waals surface area contributed by atoms with Crippen molar-refractivity contribution in [2.75, 3.05) is 0 Å². The molecule has 1 heterocycles. The van der Waals surface area contributed by atoms with Crippen molar-refractivity contribution in [1.82, 2.24) is 4.98 Å². The number of aryl methyl sites for hydroxylation is 1. The van der Waals surface area contributed by atoms with E-state index in [1.807, 2.05) is 19.1 Å². The van der Waals surface area contributed by atoms with Gasteiger partial charge in [-0.1, -0.05) is 23.2 Å². The fraction of sp³-hybridized carbons (Fsp3) is 0.100. The van der Waals surface area contributed by atoms with Gasteiger partial charge in [-0.15, -0.1) is 0 Å². The first-order chi connectivity index (χ1) is 6.18. The molecule has 0 aliphatic heterocycles. The van der Waals surface area contributed by atoms with Gasteiger partial charge in [0.25, 0.3) is 0 Å². The molecule has 1 aromatic heterocycles. The highest BCUT2D eigenvalue weighted by Crippen LogP contribution is 2.28. The molecule has 0 aliphatic rings. The minimum atomic E-state index is 0.647.